The molecule has 154 valence electrons. The van der Waals surface area contributed by atoms with E-state index < -0.39 is 0 Å². The van der Waals surface area contributed by atoms with E-state index in [0.717, 1.165) is 61.7 Å². The zero-order valence-corrected chi connectivity index (χ0v) is 17.7. The van der Waals surface area contributed by atoms with E-state index in [0.29, 0.717) is 19.2 Å². The molecule has 0 spiro atoms. The number of likely N-dealkylation sites (N-methyl/N-ethyl adjacent to an activating group) is 1. The topological polar surface area (TPSA) is 53.1 Å². The fourth-order valence-electron chi connectivity index (χ4n) is 3.56. The summed E-state index contributed by atoms with van der Waals surface area (Å²) in [6, 6.07) is 7.89. The van der Waals surface area contributed by atoms with Gasteiger partial charge in [-0.1, -0.05) is 12.1 Å². The lowest BCUT2D eigenvalue weighted by molar-refractivity contribution is -0.129. The third-order valence-electron chi connectivity index (χ3n) is 5.30. The van der Waals surface area contributed by atoms with Gasteiger partial charge in [-0.15, -0.1) is 11.8 Å². The van der Waals surface area contributed by atoms with Crippen LogP contribution in [-0.4, -0.2) is 91.8 Å². The average molecular weight is 406 g/mol. The van der Waals surface area contributed by atoms with Gasteiger partial charge in [-0.05, 0) is 31.4 Å². The lowest BCUT2D eigenvalue weighted by atomic mass is 10.2. The van der Waals surface area contributed by atoms with Crippen LogP contribution in [0.2, 0.25) is 0 Å². The molecule has 28 heavy (non-hydrogen) atoms. The van der Waals surface area contributed by atoms with Crippen molar-refractivity contribution in [2.45, 2.75) is 30.3 Å². The molecule has 2 aliphatic heterocycles. The molecule has 2 fully saturated rings. The van der Waals surface area contributed by atoms with Crippen LogP contribution >= 0.6 is 11.8 Å². The molecular weight excluding hydrogens is 374 g/mol. The maximum Gasteiger partial charge on any atom is 0.255 e. The lowest BCUT2D eigenvalue weighted by Gasteiger charge is -2.23. The first-order valence-corrected chi connectivity index (χ1v) is 11.1. The first kappa shape index (κ1) is 21.1. The van der Waals surface area contributed by atoms with E-state index in [1.54, 1.807) is 30.8 Å². The number of amides is 2. The van der Waals surface area contributed by atoms with Crippen molar-refractivity contribution in [2.24, 2.45) is 0 Å². The second-order valence-corrected chi connectivity index (χ2v) is 8.71. The van der Waals surface area contributed by atoms with Gasteiger partial charge in [-0.3, -0.25) is 14.5 Å². The van der Waals surface area contributed by atoms with Crippen LogP contribution in [0.25, 0.3) is 0 Å². The van der Waals surface area contributed by atoms with E-state index in [-0.39, 0.29) is 11.8 Å². The van der Waals surface area contributed by atoms with Gasteiger partial charge in [-0.2, -0.15) is 0 Å². The van der Waals surface area contributed by atoms with Gasteiger partial charge in [0.15, 0.2) is 0 Å². The van der Waals surface area contributed by atoms with E-state index in [9.17, 15) is 9.59 Å². The predicted octanol–water partition coefficient (Wildman–Crippen LogP) is 2.19. The highest BCUT2D eigenvalue weighted by Crippen LogP contribution is 2.27. The molecule has 0 bridgehead atoms. The normalized spacial score (nSPS) is 20.8. The van der Waals surface area contributed by atoms with E-state index in [1.807, 2.05) is 29.2 Å². The third kappa shape index (κ3) is 5.72. The number of carbonyl (C=O) groups excluding carboxylic acids is 2. The Hall–Kier alpha value is -1.57. The number of hydrogen-bond acceptors (Lipinski definition) is 5. The SMILES string of the molecule is CN(C)C(=O)CN1CCCN(C(=O)c2ccccc2SCC2CCCO2)CC1. The quantitative estimate of drug-likeness (QED) is 0.679. The van der Waals surface area contributed by atoms with Crippen LogP contribution in [0.15, 0.2) is 29.2 Å². The van der Waals surface area contributed by atoms with Crippen LogP contribution < -0.4 is 0 Å². The molecule has 1 unspecified atom stereocenters. The highest BCUT2D eigenvalue weighted by molar-refractivity contribution is 7.99. The molecule has 1 aromatic carbocycles. The molecule has 7 heteroatoms. The molecule has 3 rings (SSSR count). The molecule has 2 amide bonds. The minimum absolute atomic E-state index is 0.0937. The molecule has 2 aliphatic rings. The van der Waals surface area contributed by atoms with Crippen molar-refractivity contribution < 1.29 is 14.3 Å². The number of thioether (sulfide) groups is 1. The zero-order valence-electron chi connectivity index (χ0n) is 16.9. The van der Waals surface area contributed by atoms with Gasteiger partial charge in [0.2, 0.25) is 5.91 Å². The van der Waals surface area contributed by atoms with Crippen molar-refractivity contribution >= 4 is 23.6 Å². The van der Waals surface area contributed by atoms with Crippen LogP contribution in [0.3, 0.4) is 0 Å². The highest BCUT2D eigenvalue weighted by atomic mass is 32.2. The summed E-state index contributed by atoms with van der Waals surface area (Å²) in [5, 5.41) is 0. The third-order valence-corrected chi connectivity index (χ3v) is 6.51. The minimum Gasteiger partial charge on any atom is -0.377 e. The molecule has 0 saturated carbocycles. The fourth-order valence-corrected chi connectivity index (χ4v) is 4.68. The number of carbonyl (C=O) groups is 2. The standard InChI is InChI=1S/C21H31N3O3S/c1-22(2)20(25)15-23-10-6-11-24(13-12-23)21(26)18-8-3-4-9-19(18)28-16-17-7-5-14-27-17/h3-4,8-9,17H,5-7,10-16H2,1-2H3. The largest absolute Gasteiger partial charge is 0.377 e. The molecule has 6 nitrogen and oxygen atoms in total. The zero-order chi connectivity index (χ0) is 19.9. The van der Waals surface area contributed by atoms with Gasteiger partial charge in [0.05, 0.1) is 18.2 Å². The first-order valence-electron chi connectivity index (χ1n) is 10.1. The van der Waals surface area contributed by atoms with Crippen molar-refractivity contribution in [1.29, 1.82) is 0 Å². The van der Waals surface area contributed by atoms with Gasteiger partial charge in [0.25, 0.3) is 5.91 Å². The monoisotopic (exact) mass is 405 g/mol. The Labute approximate surface area is 172 Å². The van der Waals surface area contributed by atoms with Gasteiger partial charge >= 0.3 is 0 Å². The van der Waals surface area contributed by atoms with Gasteiger partial charge in [0.1, 0.15) is 0 Å². The van der Waals surface area contributed by atoms with Crippen molar-refractivity contribution in [3.05, 3.63) is 29.8 Å². The molecule has 0 aliphatic carbocycles. The smallest absolute Gasteiger partial charge is 0.255 e. The first-order chi connectivity index (χ1) is 13.5. The van der Waals surface area contributed by atoms with Crippen molar-refractivity contribution in [2.75, 3.05) is 59.2 Å². The maximum atomic E-state index is 13.2. The van der Waals surface area contributed by atoms with Crippen LogP contribution in [-0.2, 0) is 9.53 Å². The predicted molar refractivity (Wildman–Crippen MR) is 112 cm³/mol. The summed E-state index contributed by atoms with van der Waals surface area (Å²) in [4.78, 5) is 31.9. The number of nitrogens with zero attached hydrogens (tertiary/aromatic N) is 3. The lowest BCUT2D eigenvalue weighted by Crippen LogP contribution is -2.39. The molecule has 0 N–H and O–H groups in total. The van der Waals surface area contributed by atoms with Crippen LogP contribution in [0.5, 0.6) is 0 Å². The average Bonchev–Trinajstić information content (AvgIpc) is 3.11. The second kappa shape index (κ2) is 10.3. The van der Waals surface area contributed by atoms with E-state index in [1.165, 1.54) is 0 Å². The second-order valence-electron chi connectivity index (χ2n) is 7.65. The summed E-state index contributed by atoms with van der Waals surface area (Å²) in [6.45, 7) is 4.24. The van der Waals surface area contributed by atoms with Gasteiger partial charge in [-0.25, -0.2) is 0 Å². The number of benzene rings is 1. The van der Waals surface area contributed by atoms with E-state index >= 15 is 0 Å². The summed E-state index contributed by atoms with van der Waals surface area (Å²) in [7, 11) is 3.56. The fraction of sp³-hybridized carbons (Fsp3) is 0.619. The molecule has 1 atom stereocenters. The van der Waals surface area contributed by atoms with Crippen LogP contribution in [0.4, 0.5) is 0 Å². The molecular formula is C21H31N3O3S. The minimum atomic E-state index is 0.0937. The van der Waals surface area contributed by atoms with E-state index in [2.05, 4.69) is 4.90 Å². The Morgan fingerprint density at radius 2 is 1.96 bits per heavy atom. The maximum absolute atomic E-state index is 13.2. The Kier molecular flexibility index (Phi) is 7.76. The highest BCUT2D eigenvalue weighted by Gasteiger charge is 2.24. The van der Waals surface area contributed by atoms with Crippen molar-refractivity contribution in [3.63, 3.8) is 0 Å². The Morgan fingerprint density at radius 1 is 1.14 bits per heavy atom. The molecule has 1 aromatic rings. The van der Waals surface area contributed by atoms with Crippen molar-refractivity contribution in [3.8, 4) is 0 Å². The summed E-state index contributed by atoms with van der Waals surface area (Å²) in [5.74, 6) is 1.09. The van der Waals surface area contributed by atoms with Gasteiger partial charge < -0.3 is 14.5 Å². The Morgan fingerprint density at radius 3 is 2.71 bits per heavy atom. The summed E-state index contributed by atoms with van der Waals surface area (Å²) < 4.78 is 5.72. The molecule has 2 heterocycles. The van der Waals surface area contributed by atoms with E-state index in [4.69, 9.17) is 4.74 Å². The number of hydrogen-bond donors (Lipinski definition) is 0. The number of ether oxygens (including phenoxy) is 1. The van der Waals surface area contributed by atoms with Crippen LogP contribution in [0, 0.1) is 0 Å². The van der Waals surface area contributed by atoms with Crippen LogP contribution in [0.1, 0.15) is 29.6 Å². The Bertz CT molecular complexity index is 677. The summed E-state index contributed by atoms with van der Waals surface area (Å²) in [6.07, 6.45) is 3.43. The summed E-state index contributed by atoms with van der Waals surface area (Å²) in [5.41, 5.74) is 0.781. The molecule has 0 radical (unpaired) electrons. The van der Waals surface area contributed by atoms with Crippen molar-refractivity contribution in [1.82, 2.24) is 14.7 Å². The summed E-state index contributed by atoms with van der Waals surface area (Å²) >= 11 is 1.72. The van der Waals surface area contributed by atoms with Gasteiger partial charge in [0, 0.05) is 57.5 Å². The number of rotatable bonds is 6. The molecule has 2 saturated heterocycles. The molecule has 0 aromatic heterocycles. The Balaban J connectivity index is 1.59.